The molecular weight excluding hydrogens is 442 g/mol. The smallest absolute Gasteiger partial charge is 0.140 e. The Morgan fingerprint density at radius 3 is 2.22 bits per heavy atom. The third-order valence-electron chi connectivity index (χ3n) is 4.79. The number of halogens is 1. The third-order valence-corrected chi connectivity index (χ3v) is 4.79. The summed E-state index contributed by atoms with van der Waals surface area (Å²) < 4.78 is 0. The molecule has 3 unspecified atom stereocenters. The van der Waals surface area contributed by atoms with Gasteiger partial charge in [-0.25, -0.2) is 0 Å². The highest BCUT2D eigenvalue weighted by molar-refractivity contribution is 7.59. The van der Waals surface area contributed by atoms with Gasteiger partial charge in [0.2, 0.25) is 0 Å². The lowest BCUT2D eigenvalue weighted by Crippen LogP contribution is -2.44. The molecule has 3 atom stereocenters. The monoisotopic (exact) mass is 477 g/mol. The van der Waals surface area contributed by atoms with Crippen LogP contribution in [0.15, 0.2) is 83.9 Å². The van der Waals surface area contributed by atoms with Crippen LogP contribution in [0.25, 0.3) is 0 Å². The van der Waals surface area contributed by atoms with Crippen LogP contribution in [0.1, 0.15) is 17.5 Å². The normalized spacial score (nSPS) is 16.6. The molecule has 8 heteroatoms. The summed E-state index contributed by atoms with van der Waals surface area (Å²) in [5, 5.41) is 15.9. The maximum Gasteiger partial charge on any atom is 0.140 e. The summed E-state index contributed by atoms with van der Waals surface area (Å²) in [4.78, 5) is 4.77. The van der Waals surface area contributed by atoms with Gasteiger partial charge >= 0.3 is 0 Å². The van der Waals surface area contributed by atoms with Gasteiger partial charge in [-0.15, -0.1) is 12.4 Å². The minimum absolute atomic E-state index is 0. The van der Waals surface area contributed by atoms with Crippen molar-refractivity contribution < 1.29 is 5.11 Å². The number of likely N-dealkylation sites (N-methyl/N-ethyl adjacent to an activating group) is 2. The summed E-state index contributed by atoms with van der Waals surface area (Å²) in [6.07, 6.45) is 8.22. The van der Waals surface area contributed by atoms with Gasteiger partial charge in [0.1, 0.15) is 12.4 Å². The summed E-state index contributed by atoms with van der Waals surface area (Å²) in [5.74, 6) is 0.234. The minimum atomic E-state index is -0.725. The highest BCUT2D eigenvalue weighted by atomic mass is 35.5. The topological polar surface area (TPSA) is 109 Å². The Hall–Kier alpha value is -2.13. The Kier molecular flexibility index (Phi) is 15.4. The lowest BCUT2D eigenvalue weighted by molar-refractivity contribution is 0.108. The maximum absolute atomic E-state index is 10.00. The first-order valence-electron chi connectivity index (χ1n) is 10.1. The molecule has 2 aromatic rings. The molecule has 0 spiro atoms. The predicted octanol–water partition coefficient (Wildman–Crippen LogP) is 2.95. The van der Waals surface area contributed by atoms with Crippen molar-refractivity contribution in [1.82, 2.24) is 10.6 Å². The molecule has 0 aliphatic heterocycles. The standard InChI is InChI=1S/C17H23N3O.C7H10N2.ClH.H2S/c1-18-16(17(21)19-2)20-15(13-9-5-3-6-10-13)14-11-7-4-8-12-14;8-5-6-1-3-7(9)4-2-6;;/h3-11,14,16-19,21H,12H2,1-2H3;1-4H,5,8-9H2;1H;1H2/b20-15-;;;. The minimum Gasteiger partial charge on any atom is -0.399 e. The van der Waals surface area contributed by atoms with Gasteiger partial charge in [0.15, 0.2) is 0 Å². The average Bonchev–Trinajstić information content (AvgIpc) is 2.81. The molecule has 0 aromatic heterocycles. The number of aliphatic hydroxyl groups excluding tert-OH is 1. The Morgan fingerprint density at radius 1 is 1.06 bits per heavy atom. The summed E-state index contributed by atoms with van der Waals surface area (Å²) in [5.41, 5.74) is 14.8. The Morgan fingerprint density at radius 2 is 1.72 bits per heavy atom. The lowest BCUT2D eigenvalue weighted by Gasteiger charge is -2.23. The summed E-state index contributed by atoms with van der Waals surface area (Å²) >= 11 is 0. The van der Waals surface area contributed by atoms with Crippen LogP contribution in [0.4, 0.5) is 5.69 Å². The molecule has 0 heterocycles. The van der Waals surface area contributed by atoms with Gasteiger partial charge in [-0.1, -0.05) is 66.8 Å². The first kappa shape index (κ1) is 29.9. The molecular formula is C24H36ClN5OS. The van der Waals surface area contributed by atoms with Crippen molar-refractivity contribution in [2.45, 2.75) is 25.4 Å². The van der Waals surface area contributed by atoms with Crippen molar-refractivity contribution in [3.8, 4) is 0 Å². The fourth-order valence-corrected chi connectivity index (χ4v) is 3.03. The summed E-state index contributed by atoms with van der Waals surface area (Å²) in [6, 6.07) is 17.7. The van der Waals surface area contributed by atoms with Gasteiger partial charge in [0.25, 0.3) is 0 Å². The van der Waals surface area contributed by atoms with Gasteiger partial charge in [-0.3, -0.25) is 15.6 Å². The van der Waals surface area contributed by atoms with E-state index in [4.69, 9.17) is 16.5 Å². The van der Waals surface area contributed by atoms with E-state index in [0.717, 1.165) is 28.9 Å². The number of nitrogens with zero attached hydrogens (tertiary/aromatic N) is 1. The van der Waals surface area contributed by atoms with E-state index in [0.29, 0.717) is 6.54 Å². The molecule has 6 nitrogen and oxygen atoms in total. The Labute approximate surface area is 204 Å². The van der Waals surface area contributed by atoms with Gasteiger partial charge in [0.05, 0.1) is 5.71 Å². The number of hydrogen-bond acceptors (Lipinski definition) is 6. The Balaban J connectivity index is 0.000000741. The Bertz CT molecular complexity index is 843. The maximum atomic E-state index is 10.00. The summed E-state index contributed by atoms with van der Waals surface area (Å²) in [7, 11) is 3.52. The van der Waals surface area contributed by atoms with Crippen LogP contribution in [-0.4, -0.2) is 37.3 Å². The zero-order valence-electron chi connectivity index (χ0n) is 18.6. The van der Waals surface area contributed by atoms with Crippen molar-refractivity contribution in [3.05, 3.63) is 90.0 Å². The summed E-state index contributed by atoms with van der Waals surface area (Å²) in [6.45, 7) is 0.584. The van der Waals surface area contributed by atoms with Gasteiger partial charge in [-0.2, -0.15) is 13.5 Å². The van der Waals surface area contributed by atoms with Gasteiger partial charge in [-0.05, 0) is 43.8 Å². The zero-order valence-corrected chi connectivity index (χ0v) is 20.4. The van der Waals surface area contributed by atoms with E-state index in [1.54, 1.807) is 14.1 Å². The van der Waals surface area contributed by atoms with Crippen molar-refractivity contribution >= 4 is 37.3 Å². The molecule has 0 bridgehead atoms. The van der Waals surface area contributed by atoms with E-state index < -0.39 is 6.23 Å². The number of rotatable bonds is 7. The van der Waals surface area contributed by atoms with Crippen molar-refractivity contribution in [1.29, 1.82) is 0 Å². The molecule has 176 valence electrons. The molecule has 7 N–H and O–H groups in total. The highest BCUT2D eigenvalue weighted by Gasteiger charge is 2.20. The molecule has 0 saturated carbocycles. The number of nitrogen functional groups attached to an aromatic ring is 1. The number of benzene rings is 2. The van der Waals surface area contributed by atoms with Crippen LogP contribution in [0.3, 0.4) is 0 Å². The number of aliphatic imine (C=N–C) groups is 1. The number of aliphatic hydroxyl groups is 1. The second-order valence-electron chi connectivity index (χ2n) is 6.95. The average molecular weight is 478 g/mol. The molecule has 3 rings (SSSR count). The first-order chi connectivity index (χ1) is 14.6. The van der Waals surface area contributed by atoms with E-state index in [9.17, 15) is 5.11 Å². The molecule has 1 aliphatic rings. The van der Waals surface area contributed by atoms with Crippen LogP contribution >= 0.6 is 25.9 Å². The zero-order chi connectivity index (χ0) is 21.8. The van der Waals surface area contributed by atoms with Gasteiger partial charge in [0, 0.05) is 18.2 Å². The molecule has 2 aromatic carbocycles. The second-order valence-corrected chi connectivity index (χ2v) is 6.95. The first-order valence-corrected chi connectivity index (χ1v) is 10.1. The van der Waals surface area contributed by atoms with Crippen molar-refractivity contribution in [2.24, 2.45) is 16.6 Å². The van der Waals surface area contributed by atoms with E-state index in [1.165, 1.54) is 0 Å². The fourth-order valence-electron chi connectivity index (χ4n) is 3.03. The van der Waals surface area contributed by atoms with E-state index in [2.05, 4.69) is 47.1 Å². The quantitative estimate of drug-likeness (QED) is 0.239. The van der Waals surface area contributed by atoms with E-state index in [-0.39, 0.29) is 38.0 Å². The number of nitrogens with one attached hydrogen (secondary N) is 2. The fraction of sp³-hybridized carbons (Fsp3) is 0.292. The predicted molar refractivity (Wildman–Crippen MR) is 144 cm³/mol. The SMILES string of the molecule is CNC(O)C(/N=C(/c1ccccc1)C1C=CC=CC1)NC.Cl.NCc1ccc(N)cc1.S. The number of hydrogen-bond donors (Lipinski definition) is 5. The largest absolute Gasteiger partial charge is 0.399 e. The molecule has 0 fully saturated rings. The molecule has 32 heavy (non-hydrogen) atoms. The molecule has 0 radical (unpaired) electrons. The van der Waals surface area contributed by atoms with E-state index >= 15 is 0 Å². The van der Waals surface area contributed by atoms with Crippen LogP contribution in [0.5, 0.6) is 0 Å². The number of nitrogens with two attached hydrogens (primary N) is 2. The van der Waals surface area contributed by atoms with E-state index in [1.807, 2.05) is 42.5 Å². The van der Waals surface area contributed by atoms with Crippen molar-refractivity contribution in [3.63, 3.8) is 0 Å². The third kappa shape index (κ3) is 9.56. The number of allylic oxidation sites excluding steroid dienone is 4. The van der Waals surface area contributed by atoms with Crippen molar-refractivity contribution in [2.75, 3.05) is 19.8 Å². The van der Waals surface area contributed by atoms with Crippen LogP contribution in [-0.2, 0) is 6.54 Å². The molecule has 0 amide bonds. The lowest BCUT2D eigenvalue weighted by atomic mass is 9.91. The van der Waals surface area contributed by atoms with Crippen LogP contribution in [0.2, 0.25) is 0 Å². The second kappa shape index (κ2) is 16.5. The van der Waals surface area contributed by atoms with Crippen LogP contribution in [0, 0.1) is 5.92 Å². The number of anilines is 1. The van der Waals surface area contributed by atoms with Crippen LogP contribution < -0.4 is 22.1 Å². The van der Waals surface area contributed by atoms with Gasteiger partial charge < -0.3 is 16.6 Å². The molecule has 0 saturated heterocycles. The highest BCUT2D eigenvalue weighted by Crippen LogP contribution is 2.20. The molecule has 1 aliphatic carbocycles.